The molecule has 2 aromatic carbocycles. The van der Waals surface area contributed by atoms with Crippen LogP contribution in [-0.2, 0) is 29.6 Å². The maximum absolute atomic E-state index is 14.7. The smallest absolute Gasteiger partial charge is 0.258 e. The molecule has 1 saturated heterocycles. The van der Waals surface area contributed by atoms with E-state index in [1.807, 2.05) is 19.9 Å². The summed E-state index contributed by atoms with van der Waals surface area (Å²) in [5, 5.41) is 11.0. The summed E-state index contributed by atoms with van der Waals surface area (Å²) in [6.07, 6.45) is 0.387. The molecular weight excluding hydrogens is 607 g/mol. The van der Waals surface area contributed by atoms with Gasteiger partial charge < -0.3 is 29.7 Å². The van der Waals surface area contributed by atoms with Gasteiger partial charge >= 0.3 is 0 Å². The number of carbonyl (C=O) groups is 3. The molecule has 0 radical (unpaired) electrons. The van der Waals surface area contributed by atoms with Crippen LogP contribution in [0.2, 0.25) is 0 Å². The quantitative estimate of drug-likeness (QED) is 0.340. The van der Waals surface area contributed by atoms with E-state index < -0.39 is 23.9 Å². The van der Waals surface area contributed by atoms with Crippen molar-refractivity contribution in [2.24, 2.45) is 7.05 Å². The van der Waals surface area contributed by atoms with Crippen LogP contribution in [0.5, 0.6) is 17.2 Å². The van der Waals surface area contributed by atoms with Crippen LogP contribution in [0.25, 0.3) is 11.0 Å². The summed E-state index contributed by atoms with van der Waals surface area (Å²) in [4.78, 5) is 46.3. The van der Waals surface area contributed by atoms with Crippen LogP contribution >= 0.6 is 0 Å². The maximum atomic E-state index is 14.7. The number of amides is 3. The van der Waals surface area contributed by atoms with Crippen molar-refractivity contribution >= 4 is 28.8 Å². The predicted molar refractivity (Wildman–Crippen MR) is 170 cm³/mol. The Morgan fingerprint density at radius 1 is 1.06 bits per heavy atom. The first-order chi connectivity index (χ1) is 22.6. The van der Waals surface area contributed by atoms with Gasteiger partial charge in [-0.3, -0.25) is 19.1 Å². The fourth-order valence-corrected chi connectivity index (χ4v) is 6.20. The standard InChI is InChI=1S/C34H37FN6O6/c1-19-11-25(32-20(2)39-40(3)33(32)37-19)34(44)41-10-9-27-26(17-41)38-31(43)18-46-29-14-21(5-7-28(29)45-4)6-8-30(42)36-16-22-12-23(35)15-24(13-22)47-27/h5,7,11-15,26-27H,6,8-10,16-18H2,1-4H3,(H,36,42)(H,38,43)/t26-,27-/m1/s1. The lowest BCUT2D eigenvalue weighted by Gasteiger charge is -2.39. The number of hydrogen-bond acceptors (Lipinski definition) is 8. The Morgan fingerprint density at radius 3 is 2.70 bits per heavy atom. The van der Waals surface area contributed by atoms with Gasteiger partial charge in [-0.25, -0.2) is 9.37 Å². The molecule has 246 valence electrons. The van der Waals surface area contributed by atoms with Crippen LogP contribution in [0.4, 0.5) is 4.39 Å². The lowest BCUT2D eigenvalue weighted by Crippen LogP contribution is -2.58. The number of benzene rings is 2. The Bertz CT molecular complexity index is 1860. The number of halogens is 1. The summed E-state index contributed by atoms with van der Waals surface area (Å²) in [7, 11) is 3.29. The number of hydrogen-bond donors (Lipinski definition) is 2. The number of pyridine rings is 1. The molecule has 47 heavy (non-hydrogen) atoms. The van der Waals surface area contributed by atoms with Crippen LogP contribution in [0.1, 0.15) is 45.7 Å². The number of ether oxygens (including phenoxy) is 3. The number of fused-ring (bicyclic) bond motifs is 6. The third kappa shape index (κ3) is 6.98. The zero-order valence-corrected chi connectivity index (χ0v) is 26.8. The third-order valence-corrected chi connectivity index (χ3v) is 8.45. The van der Waals surface area contributed by atoms with Gasteiger partial charge in [-0.15, -0.1) is 0 Å². The molecule has 0 unspecified atom stereocenters. The van der Waals surface area contributed by atoms with Crippen LogP contribution in [0, 0.1) is 19.7 Å². The van der Waals surface area contributed by atoms with Gasteiger partial charge in [-0.1, -0.05) is 6.07 Å². The summed E-state index contributed by atoms with van der Waals surface area (Å²) in [6.45, 7) is 3.91. The van der Waals surface area contributed by atoms with Crippen molar-refractivity contribution in [3.63, 3.8) is 0 Å². The van der Waals surface area contributed by atoms with Crippen LogP contribution in [0.15, 0.2) is 42.5 Å². The Kier molecular flexibility index (Phi) is 8.97. The fourth-order valence-electron chi connectivity index (χ4n) is 6.20. The Labute approximate surface area is 271 Å². The number of likely N-dealkylation sites (tertiary alicyclic amines) is 1. The van der Waals surface area contributed by atoms with Gasteiger partial charge in [0.25, 0.3) is 11.8 Å². The number of methoxy groups -OCH3 is 1. The molecule has 2 atom stereocenters. The lowest BCUT2D eigenvalue weighted by molar-refractivity contribution is -0.125. The molecule has 2 N–H and O–H groups in total. The number of aryl methyl sites for hydroxylation is 4. The molecule has 2 aromatic heterocycles. The van der Waals surface area contributed by atoms with Gasteiger partial charge in [0.1, 0.15) is 17.7 Å². The molecule has 2 aliphatic rings. The molecule has 2 aliphatic heterocycles. The van der Waals surface area contributed by atoms with Gasteiger partial charge in [0, 0.05) is 51.3 Å². The largest absolute Gasteiger partial charge is 0.493 e. The average molecular weight is 645 g/mol. The van der Waals surface area contributed by atoms with Crippen molar-refractivity contribution in [2.45, 2.75) is 51.8 Å². The highest BCUT2D eigenvalue weighted by Gasteiger charge is 2.36. The summed E-state index contributed by atoms with van der Waals surface area (Å²) >= 11 is 0. The lowest BCUT2D eigenvalue weighted by atomic mass is 9.99. The molecule has 4 heterocycles. The second-order valence-electron chi connectivity index (χ2n) is 11.9. The van der Waals surface area contributed by atoms with Crippen molar-refractivity contribution in [1.82, 2.24) is 30.3 Å². The minimum Gasteiger partial charge on any atom is -0.493 e. The van der Waals surface area contributed by atoms with E-state index in [-0.39, 0.29) is 43.7 Å². The molecular formula is C34H37FN6O6. The van der Waals surface area contributed by atoms with Crippen LogP contribution in [0.3, 0.4) is 0 Å². The van der Waals surface area contributed by atoms with Crippen LogP contribution < -0.4 is 24.8 Å². The Balaban J connectivity index is 1.30. The fraction of sp³-hybridized carbons (Fsp3) is 0.382. The topological polar surface area (TPSA) is 137 Å². The van der Waals surface area contributed by atoms with E-state index in [2.05, 4.69) is 20.7 Å². The van der Waals surface area contributed by atoms with Crippen molar-refractivity contribution in [3.05, 3.63) is 76.4 Å². The SMILES string of the molecule is COc1ccc2cc1OCC(=O)N[C@@H]1CN(C(=O)c3cc(C)nc4c3c(C)nn4C)CC[C@H]1Oc1cc(F)cc(c1)CNC(=O)CC2. The Morgan fingerprint density at radius 2 is 1.89 bits per heavy atom. The third-order valence-electron chi connectivity index (χ3n) is 8.45. The number of carbonyl (C=O) groups excluding carboxylic acids is 3. The number of piperidine rings is 1. The first kappa shape index (κ1) is 31.8. The molecule has 6 rings (SSSR count). The molecule has 0 spiro atoms. The van der Waals surface area contributed by atoms with E-state index >= 15 is 0 Å². The van der Waals surface area contributed by atoms with E-state index in [1.54, 1.807) is 40.9 Å². The zero-order valence-electron chi connectivity index (χ0n) is 26.8. The van der Waals surface area contributed by atoms with Crippen molar-refractivity contribution < 1.29 is 33.0 Å². The molecule has 13 heteroatoms. The average Bonchev–Trinajstić information content (AvgIpc) is 3.33. The summed E-state index contributed by atoms with van der Waals surface area (Å²) in [6, 6.07) is 10.7. The van der Waals surface area contributed by atoms with Crippen molar-refractivity contribution in [1.29, 1.82) is 0 Å². The van der Waals surface area contributed by atoms with Gasteiger partial charge in [-0.05, 0) is 61.7 Å². The van der Waals surface area contributed by atoms with E-state index in [0.29, 0.717) is 64.4 Å². The second-order valence-corrected chi connectivity index (χ2v) is 11.9. The zero-order chi connectivity index (χ0) is 33.2. The minimum atomic E-state index is -0.657. The first-order valence-electron chi connectivity index (χ1n) is 15.5. The van der Waals surface area contributed by atoms with Gasteiger partial charge in [0.2, 0.25) is 5.91 Å². The van der Waals surface area contributed by atoms with Crippen LogP contribution in [-0.4, -0.2) is 76.3 Å². The number of aromatic nitrogens is 3. The summed E-state index contributed by atoms with van der Waals surface area (Å²) < 4.78 is 34.0. The van der Waals surface area contributed by atoms with E-state index in [9.17, 15) is 18.8 Å². The van der Waals surface area contributed by atoms with Gasteiger partial charge in [-0.2, -0.15) is 5.10 Å². The maximum Gasteiger partial charge on any atom is 0.258 e. The number of nitrogens with zero attached hydrogens (tertiary/aromatic N) is 4. The van der Waals surface area contributed by atoms with E-state index in [4.69, 9.17) is 14.2 Å². The normalized spacial score (nSPS) is 19.0. The molecule has 0 saturated carbocycles. The summed E-state index contributed by atoms with van der Waals surface area (Å²) in [5.74, 6) is -0.298. The molecule has 3 amide bonds. The predicted octanol–water partition coefficient (Wildman–Crippen LogP) is 3.15. The molecule has 0 aliphatic carbocycles. The van der Waals surface area contributed by atoms with Gasteiger partial charge in [0.15, 0.2) is 23.8 Å². The van der Waals surface area contributed by atoms with Crippen molar-refractivity contribution in [2.75, 3.05) is 26.8 Å². The monoisotopic (exact) mass is 644 g/mol. The number of rotatable bonds is 2. The molecule has 4 aromatic rings. The molecule has 4 bridgehead atoms. The molecule has 12 nitrogen and oxygen atoms in total. The first-order valence-corrected chi connectivity index (χ1v) is 15.5. The van der Waals surface area contributed by atoms with E-state index in [0.717, 1.165) is 5.56 Å². The highest BCUT2D eigenvalue weighted by Crippen LogP contribution is 2.30. The highest BCUT2D eigenvalue weighted by molar-refractivity contribution is 6.06. The molecule has 1 fully saturated rings. The van der Waals surface area contributed by atoms with E-state index in [1.165, 1.54) is 19.2 Å². The van der Waals surface area contributed by atoms with Gasteiger partial charge in [0.05, 0.1) is 29.8 Å². The van der Waals surface area contributed by atoms with Crippen molar-refractivity contribution in [3.8, 4) is 17.2 Å². The number of nitrogens with one attached hydrogen (secondary N) is 2. The summed E-state index contributed by atoms with van der Waals surface area (Å²) in [5.41, 5.74) is 3.83. The second kappa shape index (κ2) is 13.3. The Hall–Kier alpha value is -5.20. The highest BCUT2D eigenvalue weighted by atomic mass is 19.1. The minimum absolute atomic E-state index is 0.116.